The molecule has 1 heterocycles. The number of rotatable bonds is 10. The molecule has 0 radical (unpaired) electrons. The highest BCUT2D eigenvalue weighted by Crippen LogP contribution is 2.19. The molecule has 0 atom stereocenters. The van der Waals surface area contributed by atoms with E-state index in [9.17, 15) is 9.59 Å². The average Bonchev–Trinajstić information content (AvgIpc) is 3.06. The molecule has 0 spiro atoms. The fourth-order valence-electron chi connectivity index (χ4n) is 2.99. The fraction of sp³-hybridized carbons (Fsp3) is 0.455. The van der Waals surface area contributed by atoms with Crippen LogP contribution >= 0.6 is 22.9 Å². The third-order valence-electron chi connectivity index (χ3n) is 4.28. The van der Waals surface area contributed by atoms with Crippen LogP contribution in [0.4, 0.5) is 0 Å². The summed E-state index contributed by atoms with van der Waals surface area (Å²) in [5.74, 6) is 0.445. The molecular formula is C22H29ClN2O2S. The Kier molecular flexibility index (Phi) is 9.00. The maximum Gasteiger partial charge on any atom is 0.242 e. The minimum Gasteiger partial charge on any atom is -0.333 e. The predicted octanol–water partition coefficient (Wildman–Crippen LogP) is 4.70. The minimum atomic E-state index is -0.0660. The van der Waals surface area contributed by atoms with Gasteiger partial charge in [0.2, 0.25) is 11.8 Å². The summed E-state index contributed by atoms with van der Waals surface area (Å²) in [6.07, 6.45) is 0.254. The van der Waals surface area contributed by atoms with E-state index in [0.29, 0.717) is 19.6 Å². The monoisotopic (exact) mass is 420 g/mol. The quantitative estimate of drug-likeness (QED) is 0.523. The third kappa shape index (κ3) is 7.28. The molecule has 28 heavy (non-hydrogen) atoms. The van der Waals surface area contributed by atoms with E-state index in [0.717, 1.165) is 10.4 Å². The van der Waals surface area contributed by atoms with Crippen LogP contribution in [0, 0.1) is 12.8 Å². The Morgan fingerprint density at radius 2 is 1.71 bits per heavy atom. The first kappa shape index (κ1) is 22.4. The highest BCUT2D eigenvalue weighted by Gasteiger charge is 2.22. The van der Waals surface area contributed by atoms with Crippen molar-refractivity contribution in [3.05, 3.63) is 57.8 Å². The lowest BCUT2D eigenvalue weighted by Crippen LogP contribution is -2.43. The molecule has 2 amide bonds. The van der Waals surface area contributed by atoms with Gasteiger partial charge in [-0.15, -0.1) is 22.9 Å². The number of carbonyl (C=O) groups excluding carboxylic acids is 2. The van der Waals surface area contributed by atoms with E-state index in [1.165, 1.54) is 4.88 Å². The molecule has 0 fully saturated rings. The van der Waals surface area contributed by atoms with E-state index < -0.39 is 0 Å². The zero-order valence-corrected chi connectivity index (χ0v) is 18.4. The number of halogens is 1. The first-order valence-electron chi connectivity index (χ1n) is 9.59. The number of amides is 2. The van der Waals surface area contributed by atoms with Crippen LogP contribution in [0.15, 0.2) is 42.5 Å². The van der Waals surface area contributed by atoms with E-state index >= 15 is 0 Å². The summed E-state index contributed by atoms with van der Waals surface area (Å²) < 4.78 is 0. The van der Waals surface area contributed by atoms with Crippen molar-refractivity contribution in [1.29, 1.82) is 0 Å². The van der Waals surface area contributed by atoms with Crippen LogP contribution < -0.4 is 0 Å². The van der Waals surface area contributed by atoms with Crippen LogP contribution in [0.1, 0.15) is 35.6 Å². The van der Waals surface area contributed by atoms with Gasteiger partial charge >= 0.3 is 0 Å². The van der Waals surface area contributed by atoms with Gasteiger partial charge in [0.1, 0.15) is 0 Å². The van der Waals surface area contributed by atoms with E-state index in [-0.39, 0.29) is 36.6 Å². The highest BCUT2D eigenvalue weighted by atomic mass is 35.5. The van der Waals surface area contributed by atoms with Crippen LogP contribution in [0.2, 0.25) is 0 Å². The van der Waals surface area contributed by atoms with Crippen molar-refractivity contribution in [3.8, 4) is 0 Å². The van der Waals surface area contributed by atoms with Gasteiger partial charge in [0, 0.05) is 35.1 Å². The number of nitrogens with zero attached hydrogens (tertiary/aromatic N) is 2. The maximum atomic E-state index is 13.2. The molecule has 0 aliphatic carbocycles. The first-order valence-corrected chi connectivity index (χ1v) is 10.9. The van der Waals surface area contributed by atoms with Crippen molar-refractivity contribution in [3.63, 3.8) is 0 Å². The van der Waals surface area contributed by atoms with E-state index in [2.05, 4.69) is 19.1 Å². The molecule has 2 aromatic rings. The molecule has 0 saturated heterocycles. The lowest BCUT2D eigenvalue weighted by Gasteiger charge is -2.28. The Morgan fingerprint density at radius 3 is 2.29 bits per heavy atom. The van der Waals surface area contributed by atoms with Gasteiger partial charge in [-0.05, 0) is 30.5 Å². The summed E-state index contributed by atoms with van der Waals surface area (Å²) in [4.78, 5) is 31.4. The number of alkyl halides is 1. The van der Waals surface area contributed by atoms with Crippen molar-refractivity contribution in [2.24, 2.45) is 5.92 Å². The molecule has 0 aliphatic heterocycles. The Morgan fingerprint density at radius 1 is 1.00 bits per heavy atom. The van der Waals surface area contributed by atoms with Crippen LogP contribution in [0.3, 0.4) is 0 Å². The van der Waals surface area contributed by atoms with Gasteiger partial charge in [0.15, 0.2) is 0 Å². The fourth-order valence-corrected chi connectivity index (χ4v) is 4.06. The summed E-state index contributed by atoms with van der Waals surface area (Å²) in [5, 5.41) is 0. The van der Waals surface area contributed by atoms with Crippen LogP contribution in [-0.2, 0) is 22.7 Å². The summed E-state index contributed by atoms with van der Waals surface area (Å²) in [6.45, 7) is 7.86. The third-order valence-corrected chi connectivity index (χ3v) is 5.46. The largest absolute Gasteiger partial charge is 0.333 e. The molecule has 4 nitrogen and oxygen atoms in total. The number of thiophene rings is 1. The second kappa shape index (κ2) is 11.2. The smallest absolute Gasteiger partial charge is 0.242 e. The molecule has 6 heteroatoms. The Hall–Kier alpha value is -1.85. The normalized spacial score (nSPS) is 10.9. The molecule has 0 saturated carbocycles. The SMILES string of the molecule is Cc1ccc(CN(Cc2ccccc2)C(=O)CN(CC(C)C)C(=O)CCCl)s1. The number of hydrogen-bond donors (Lipinski definition) is 0. The summed E-state index contributed by atoms with van der Waals surface area (Å²) >= 11 is 7.45. The van der Waals surface area contributed by atoms with Gasteiger partial charge in [-0.1, -0.05) is 44.2 Å². The van der Waals surface area contributed by atoms with Gasteiger partial charge in [-0.2, -0.15) is 0 Å². The lowest BCUT2D eigenvalue weighted by atomic mass is 10.2. The topological polar surface area (TPSA) is 40.6 Å². The van der Waals surface area contributed by atoms with Crippen molar-refractivity contribution >= 4 is 34.8 Å². The standard InChI is InChI=1S/C22H29ClN2O2S/c1-17(2)13-24(21(26)11-12-23)16-22(27)25(14-19-7-5-4-6-8-19)15-20-10-9-18(3)28-20/h4-10,17H,11-16H2,1-3H3. The Bertz CT molecular complexity index is 761. The van der Waals surface area contributed by atoms with Gasteiger partial charge < -0.3 is 9.80 Å². The summed E-state index contributed by atoms with van der Waals surface area (Å²) in [5.41, 5.74) is 1.08. The number of aryl methyl sites for hydroxylation is 1. The van der Waals surface area contributed by atoms with Crippen molar-refractivity contribution in [1.82, 2.24) is 9.80 Å². The zero-order valence-electron chi connectivity index (χ0n) is 16.9. The molecule has 2 rings (SSSR count). The van der Waals surface area contributed by atoms with Gasteiger partial charge in [-0.25, -0.2) is 0 Å². The molecule has 0 unspecified atom stereocenters. The van der Waals surface area contributed by atoms with E-state index in [1.807, 2.05) is 49.1 Å². The molecule has 0 N–H and O–H groups in total. The molecule has 0 bridgehead atoms. The average molecular weight is 421 g/mol. The molecule has 1 aromatic carbocycles. The van der Waals surface area contributed by atoms with Crippen molar-refractivity contribution < 1.29 is 9.59 Å². The van der Waals surface area contributed by atoms with Gasteiger partial charge in [0.25, 0.3) is 0 Å². The predicted molar refractivity (Wildman–Crippen MR) is 117 cm³/mol. The molecular weight excluding hydrogens is 392 g/mol. The van der Waals surface area contributed by atoms with Crippen LogP contribution in [0.25, 0.3) is 0 Å². The Balaban J connectivity index is 2.16. The molecule has 152 valence electrons. The second-order valence-electron chi connectivity index (χ2n) is 7.35. The maximum absolute atomic E-state index is 13.2. The van der Waals surface area contributed by atoms with Crippen LogP contribution in [-0.4, -0.2) is 40.6 Å². The number of hydrogen-bond acceptors (Lipinski definition) is 3. The second-order valence-corrected chi connectivity index (χ2v) is 9.11. The Labute approximate surface area is 177 Å². The van der Waals surface area contributed by atoms with Crippen LogP contribution in [0.5, 0.6) is 0 Å². The summed E-state index contributed by atoms with van der Waals surface area (Å²) in [7, 11) is 0. The zero-order chi connectivity index (χ0) is 20.5. The number of benzene rings is 1. The molecule has 1 aromatic heterocycles. The van der Waals surface area contributed by atoms with Gasteiger partial charge in [0.05, 0.1) is 13.1 Å². The van der Waals surface area contributed by atoms with E-state index in [1.54, 1.807) is 16.2 Å². The lowest BCUT2D eigenvalue weighted by molar-refractivity contribution is -0.141. The number of carbonyl (C=O) groups is 2. The molecule has 0 aliphatic rings. The minimum absolute atomic E-state index is 0.0431. The van der Waals surface area contributed by atoms with Gasteiger partial charge in [-0.3, -0.25) is 9.59 Å². The van der Waals surface area contributed by atoms with Crippen molar-refractivity contribution in [2.75, 3.05) is 19.0 Å². The summed E-state index contributed by atoms with van der Waals surface area (Å²) in [6, 6.07) is 14.1. The first-order chi connectivity index (χ1) is 13.4. The van der Waals surface area contributed by atoms with E-state index in [4.69, 9.17) is 11.6 Å². The highest BCUT2D eigenvalue weighted by molar-refractivity contribution is 7.11. The van der Waals surface area contributed by atoms with Crippen molar-refractivity contribution in [2.45, 2.75) is 40.3 Å².